The van der Waals surface area contributed by atoms with E-state index in [9.17, 15) is 9.59 Å². The number of nitrogens with one attached hydrogen (secondary N) is 2. The second-order valence-electron chi connectivity index (χ2n) is 5.86. The van der Waals surface area contributed by atoms with Crippen molar-refractivity contribution < 1.29 is 9.59 Å². The molecule has 0 bridgehead atoms. The molecule has 1 heterocycles. The molecule has 0 aliphatic heterocycles. The van der Waals surface area contributed by atoms with Gasteiger partial charge in [-0.15, -0.1) is 0 Å². The monoisotopic (exact) mass is 343 g/mol. The first-order valence-corrected chi connectivity index (χ1v) is 8.24. The van der Waals surface area contributed by atoms with Crippen molar-refractivity contribution in [2.75, 3.05) is 10.6 Å². The fraction of sp³-hybridized carbons (Fsp3) is 0.278. The fourth-order valence-corrected chi connectivity index (χ4v) is 3.21. The molecule has 1 unspecified atom stereocenters. The Hall–Kier alpha value is -2.40. The van der Waals surface area contributed by atoms with Crippen molar-refractivity contribution in [3.05, 3.63) is 52.8 Å². The summed E-state index contributed by atoms with van der Waals surface area (Å²) in [6.45, 7) is 1.43. The van der Waals surface area contributed by atoms with E-state index in [1.165, 1.54) is 6.92 Å². The van der Waals surface area contributed by atoms with Gasteiger partial charge in [0.05, 0.1) is 22.3 Å². The van der Waals surface area contributed by atoms with Gasteiger partial charge in [0.25, 0.3) is 0 Å². The molecule has 1 aliphatic carbocycles. The Bertz CT molecular complexity index is 792. The van der Waals surface area contributed by atoms with Crippen molar-refractivity contribution in [1.82, 2.24) is 4.98 Å². The molecule has 0 saturated carbocycles. The van der Waals surface area contributed by atoms with Gasteiger partial charge in [0.2, 0.25) is 11.8 Å². The molecule has 0 radical (unpaired) electrons. The molecule has 2 N–H and O–H groups in total. The van der Waals surface area contributed by atoms with Crippen LogP contribution in [0.2, 0.25) is 5.02 Å². The summed E-state index contributed by atoms with van der Waals surface area (Å²) >= 11 is 6.21. The third-order valence-corrected chi connectivity index (χ3v) is 4.37. The molecule has 2 amide bonds. The zero-order valence-corrected chi connectivity index (χ0v) is 14.1. The van der Waals surface area contributed by atoms with E-state index in [2.05, 4.69) is 15.6 Å². The molecular formula is C18H18ClN3O2. The highest BCUT2D eigenvalue weighted by molar-refractivity contribution is 6.34. The van der Waals surface area contributed by atoms with Gasteiger partial charge in [0.1, 0.15) is 0 Å². The van der Waals surface area contributed by atoms with Crippen LogP contribution in [-0.4, -0.2) is 16.8 Å². The molecule has 6 heteroatoms. The molecule has 0 saturated heterocycles. The first-order valence-electron chi connectivity index (χ1n) is 7.86. The zero-order valence-electron chi connectivity index (χ0n) is 13.3. The van der Waals surface area contributed by atoms with E-state index < -0.39 is 0 Å². The number of halogens is 1. The van der Waals surface area contributed by atoms with Crippen LogP contribution in [0.1, 0.15) is 36.9 Å². The lowest BCUT2D eigenvalue weighted by Crippen LogP contribution is -2.25. The van der Waals surface area contributed by atoms with Crippen molar-refractivity contribution in [3.63, 3.8) is 0 Å². The summed E-state index contributed by atoms with van der Waals surface area (Å²) in [6, 6.07) is 8.93. The van der Waals surface area contributed by atoms with Crippen LogP contribution in [0.4, 0.5) is 11.4 Å². The predicted molar refractivity (Wildman–Crippen MR) is 94.3 cm³/mol. The molecular weight excluding hydrogens is 326 g/mol. The number of carbonyl (C=O) groups excluding carboxylic acids is 2. The average molecular weight is 344 g/mol. The number of aromatic nitrogens is 1. The van der Waals surface area contributed by atoms with Gasteiger partial charge in [-0.2, -0.15) is 0 Å². The van der Waals surface area contributed by atoms with E-state index in [0.717, 1.165) is 30.5 Å². The molecule has 5 nitrogen and oxygen atoms in total. The maximum Gasteiger partial charge on any atom is 0.233 e. The van der Waals surface area contributed by atoms with Gasteiger partial charge < -0.3 is 10.6 Å². The summed E-state index contributed by atoms with van der Waals surface area (Å²) in [5, 5.41) is 5.92. The van der Waals surface area contributed by atoms with Crippen LogP contribution in [0.15, 0.2) is 36.5 Å². The molecule has 0 fully saturated rings. The van der Waals surface area contributed by atoms with Gasteiger partial charge in [-0.25, -0.2) is 0 Å². The maximum absolute atomic E-state index is 12.7. The topological polar surface area (TPSA) is 71.1 Å². The highest BCUT2D eigenvalue weighted by Crippen LogP contribution is 2.32. The fourth-order valence-electron chi connectivity index (χ4n) is 2.98. The van der Waals surface area contributed by atoms with Crippen molar-refractivity contribution in [2.24, 2.45) is 0 Å². The Kier molecular flexibility index (Phi) is 4.81. The van der Waals surface area contributed by atoms with Crippen LogP contribution >= 0.6 is 11.6 Å². The van der Waals surface area contributed by atoms with Crippen LogP contribution in [0.3, 0.4) is 0 Å². The lowest BCUT2D eigenvalue weighted by atomic mass is 9.86. The Balaban J connectivity index is 1.77. The van der Waals surface area contributed by atoms with Crippen molar-refractivity contribution in [1.29, 1.82) is 0 Å². The Morgan fingerprint density at radius 1 is 1.25 bits per heavy atom. The number of rotatable bonds is 3. The zero-order chi connectivity index (χ0) is 17.1. The highest BCUT2D eigenvalue weighted by Gasteiger charge is 2.28. The molecule has 1 aromatic heterocycles. The molecule has 3 rings (SSSR count). The van der Waals surface area contributed by atoms with Gasteiger partial charge in [0, 0.05) is 18.8 Å². The van der Waals surface area contributed by atoms with Crippen molar-refractivity contribution in [2.45, 2.75) is 32.1 Å². The number of nitrogens with zero attached hydrogens (tertiary/aromatic N) is 1. The number of aryl methyl sites for hydroxylation is 1. The van der Waals surface area contributed by atoms with Crippen LogP contribution in [-0.2, 0) is 16.0 Å². The van der Waals surface area contributed by atoms with Crippen LogP contribution in [0.5, 0.6) is 0 Å². The largest absolute Gasteiger partial charge is 0.326 e. The molecule has 1 aromatic carbocycles. The highest BCUT2D eigenvalue weighted by atomic mass is 35.5. The lowest BCUT2D eigenvalue weighted by Gasteiger charge is -2.23. The number of carbonyl (C=O) groups is 2. The van der Waals surface area contributed by atoms with Gasteiger partial charge >= 0.3 is 0 Å². The van der Waals surface area contributed by atoms with Crippen LogP contribution in [0, 0.1) is 0 Å². The summed E-state index contributed by atoms with van der Waals surface area (Å²) in [4.78, 5) is 28.1. The standard InChI is InChI=1S/C18H18ClN3O2/c1-11(23)21-13-7-8-16(15(19)10-13)22-18(24)14-6-2-4-12-5-3-9-20-17(12)14/h3,5,7-10,14H,2,4,6H2,1H3,(H,21,23)(H,22,24). The van der Waals surface area contributed by atoms with E-state index in [1.54, 1.807) is 24.4 Å². The van der Waals surface area contributed by atoms with E-state index in [-0.39, 0.29) is 17.7 Å². The lowest BCUT2D eigenvalue weighted by molar-refractivity contribution is -0.118. The molecule has 1 atom stereocenters. The van der Waals surface area contributed by atoms with Crippen molar-refractivity contribution in [3.8, 4) is 0 Å². The first-order chi connectivity index (χ1) is 11.5. The van der Waals surface area contributed by atoms with E-state index in [1.807, 2.05) is 12.1 Å². The smallest absolute Gasteiger partial charge is 0.233 e. The van der Waals surface area contributed by atoms with Crippen molar-refractivity contribution >= 4 is 34.8 Å². The second-order valence-corrected chi connectivity index (χ2v) is 6.26. The minimum absolute atomic E-state index is 0.108. The minimum atomic E-state index is -0.263. The minimum Gasteiger partial charge on any atom is -0.326 e. The number of anilines is 2. The summed E-state index contributed by atoms with van der Waals surface area (Å²) in [5.41, 5.74) is 3.11. The molecule has 0 spiro atoms. The van der Waals surface area contributed by atoms with E-state index in [0.29, 0.717) is 16.4 Å². The molecule has 124 valence electrons. The number of pyridine rings is 1. The van der Waals surface area contributed by atoms with Gasteiger partial charge in [-0.05, 0) is 49.1 Å². The van der Waals surface area contributed by atoms with E-state index >= 15 is 0 Å². The third kappa shape index (κ3) is 3.57. The Morgan fingerprint density at radius 3 is 2.83 bits per heavy atom. The first kappa shape index (κ1) is 16.5. The van der Waals surface area contributed by atoms with Gasteiger partial charge in [-0.3, -0.25) is 14.6 Å². The summed E-state index contributed by atoms with van der Waals surface area (Å²) < 4.78 is 0. The Labute approximate surface area is 145 Å². The normalized spacial score (nSPS) is 16.2. The number of benzene rings is 1. The number of amides is 2. The van der Waals surface area contributed by atoms with Gasteiger partial charge in [0.15, 0.2) is 0 Å². The van der Waals surface area contributed by atoms with E-state index in [4.69, 9.17) is 11.6 Å². The molecule has 24 heavy (non-hydrogen) atoms. The number of hydrogen-bond donors (Lipinski definition) is 2. The second kappa shape index (κ2) is 7.01. The number of hydrogen-bond acceptors (Lipinski definition) is 3. The van der Waals surface area contributed by atoms with Crippen LogP contribution in [0.25, 0.3) is 0 Å². The summed E-state index contributed by atoms with van der Waals surface area (Å²) in [5.74, 6) is -0.544. The van der Waals surface area contributed by atoms with Gasteiger partial charge in [-0.1, -0.05) is 17.7 Å². The Morgan fingerprint density at radius 2 is 2.08 bits per heavy atom. The SMILES string of the molecule is CC(=O)Nc1ccc(NC(=O)C2CCCc3cccnc32)c(Cl)c1. The quantitative estimate of drug-likeness (QED) is 0.891. The third-order valence-electron chi connectivity index (χ3n) is 4.06. The molecule has 1 aliphatic rings. The summed E-state index contributed by atoms with van der Waals surface area (Å²) in [6.07, 6.45) is 4.42. The number of fused-ring (bicyclic) bond motifs is 1. The average Bonchev–Trinajstić information content (AvgIpc) is 2.56. The summed E-state index contributed by atoms with van der Waals surface area (Å²) in [7, 11) is 0. The van der Waals surface area contributed by atoms with Crippen LogP contribution < -0.4 is 10.6 Å². The molecule has 2 aromatic rings. The maximum atomic E-state index is 12.7. The predicted octanol–water partition coefficient (Wildman–Crippen LogP) is 3.75.